The Hall–Kier alpha value is -2.73. The molecule has 0 aliphatic carbocycles. The molecule has 7 heteroatoms. The Labute approximate surface area is 160 Å². The quantitative estimate of drug-likeness (QED) is 0.658. The fourth-order valence-electron chi connectivity index (χ4n) is 3.33. The summed E-state index contributed by atoms with van der Waals surface area (Å²) in [6.45, 7) is 2.54. The third kappa shape index (κ3) is 3.32. The summed E-state index contributed by atoms with van der Waals surface area (Å²) in [6, 6.07) is 12.2. The molecule has 0 radical (unpaired) electrons. The van der Waals surface area contributed by atoms with E-state index in [1.54, 1.807) is 11.0 Å². The molecule has 0 saturated carbocycles. The molecule has 1 unspecified atom stereocenters. The SMILES string of the molecule is CCc1ccccc1N1CC(c2nc(-c3ccc(Cl)c(F)c3)no2)CC1=O. The van der Waals surface area contributed by atoms with E-state index in [1.807, 2.05) is 24.3 Å². The minimum absolute atomic E-state index is 0.0261. The number of hydrogen-bond acceptors (Lipinski definition) is 4. The third-order valence-corrected chi connectivity index (χ3v) is 5.06. The number of halogens is 2. The number of benzene rings is 2. The molecule has 2 aromatic carbocycles. The number of anilines is 1. The molecule has 0 N–H and O–H groups in total. The second kappa shape index (κ2) is 7.12. The van der Waals surface area contributed by atoms with Gasteiger partial charge in [0, 0.05) is 24.2 Å². The van der Waals surface area contributed by atoms with Gasteiger partial charge in [-0.2, -0.15) is 4.98 Å². The second-order valence-electron chi connectivity index (χ2n) is 6.47. The second-order valence-corrected chi connectivity index (χ2v) is 6.88. The highest BCUT2D eigenvalue weighted by Gasteiger charge is 2.35. The predicted molar refractivity (Wildman–Crippen MR) is 100 cm³/mol. The molecule has 1 atom stereocenters. The standard InChI is InChI=1S/C20H17ClFN3O2/c1-2-12-5-3-4-6-17(12)25-11-14(10-18(25)26)20-23-19(24-27-20)13-7-8-15(21)16(22)9-13/h3-9,14H,2,10-11H2,1H3. The van der Waals surface area contributed by atoms with Gasteiger partial charge in [-0.25, -0.2) is 4.39 Å². The van der Waals surface area contributed by atoms with Crippen LogP contribution in [0.15, 0.2) is 47.0 Å². The highest BCUT2D eigenvalue weighted by Crippen LogP contribution is 2.34. The zero-order valence-corrected chi connectivity index (χ0v) is 15.4. The van der Waals surface area contributed by atoms with Gasteiger partial charge < -0.3 is 9.42 Å². The lowest BCUT2D eigenvalue weighted by Crippen LogP contribution is -2.25. The molecule has 1 fully saturated rings. The lowest BCUT2D eigenvalue weighted by Gasteiger charge is -2.19. The van der Waals surface area contributed by atoms with Gasteiger partial charge in [0.25, 0.3) is 0 Å². The van der Waals surface area contributed by atoms with E-state index in [2.05, 4.69) is 17.1 Å². The Morgan fingerprint density at radius 2 is 2.11 bits per heavy atom. The van der Waals surface area contributed by atoms with Crippen LogP contribution in [-0.4, -0.2) is 22.6 Å². The van der Waals surface area contributed by atoms with Gasteiger partial charge >= 0.3 is 0 Å². The van der Waals surface area contributed by atoms with Crippen molar-refractivity contribution in [3.63, 3.8) is 0 Å². The van der Waals surface area contributed by atoms with E-state index in [1.165, 1.54) is 12.1 Å². The van der Waals surface area contributed by atoms with Crippen molar-refractivity contribution in [3.8, 4) is 11.4 Å². The number of para-hydroxylation sites is 1. The van der Waals surface area contributed by atoms with Gasteiger partial charge in [0.1, 0.15) is 5.82 Å². The number of carbonyl (C=O) groups is 1. The van der Waals surface area contributed by atoms with Gasteiger partial charge in [0.15, 0.2) is 0 Å². The Bertz CT molecular complexity index is 1000. The van der Waals surface area contributed by atoms with Crippen molar-refractivity contribution < 1.29 is 13.7 Å². The molecule has 27 heavy (non-hydrogen) atoms. The molecule has 3 aromatic rings. The van der Waals surface area contributed by atoms with Crippen molar-refractivity contribution in [1.82, 2.24) is 10.1 Å². The number of aryl methyl sites for hydroxylation is 1. The zero-order valence-electron chi connectivity index (χ0n) is 14.7. The number of amides is 1. The summed E-state index contributed by atoms with van der Waals surface area (Å²) in [4.78, 5) is 18.7. The van der Waals surface area contributed by atoms with Crippen LogP contribution in [0.5, 0.6) is 0 Å². The predicted octanol–water partition coefficient (Wildman–Crippen LogP) is 4.61. The van der Waals surface area contributed by atoms with Crippen LogP contribution < -0.4 is 4.90 Å². The molecule has 138 valence electrons. The Morgan fingerprint density at radius 1 is 1.30 bits per heavy atom. The van der Waals surface area contributed by atoms with Crippen molar-refractivity contribution in [2.45, 2.75) is 25.7 Å². The third-order valence-electron chi connectivity index (χ3n) is 4.76. The van der Waals surface area contributed by atoms with Crippen molar-refractivity contribution >= 4 is 23.2 Å². The average Bonchev–Trinajstić information content (AvgIpc) is 3.31. The molecule has 1 aromatic heterocycles. The van der Waals surface area contributed by atoms with Gasteiger partial charge in [0.05, 0.1) is 10.9 Å². The molecule has 1 amide bonds. The van der Waals surface area contributed by atoms with Crippen LogP contribution in [0.3, 0.4) is 0 Å². The van der Waals surface area contributed by atoms with E-state index in [9.17, 15) is 9.18 Å². The smallest absolute Gasteiger partial charge is 0.232 e. The first-order chi connectivity index (χ1) is 13.1. The summed E-state index contributed by atoms with van der Waals surface area (Å²) in [6.07, 6.45) is 1.14. The summed E-state index contributed by atoms with van der Waals surface area (Å²) >= 11 is 5.71. The molecule has 4 rings (SSSR count). The summed E-state index contributed by atoms with van der Waals surface area (Å²) in [5.41, 5.74) is 2.52. The number of nitrogens with zero attached hydrogens (tertiary/aromatic N) is 3. The highest BCUT2D eigenvalue weighted by atomic mass is 35.5. The first-order valence-corrected chi connectivity index (χ1v) is 9.12. The lowest BCUT2D eigenvalue weighted by molar-refractivity contribution is -0.117. The molecule has 5 nitrogen and oxygen atoms in total. The number of rotatable bonds is 4. The van der Waals surface area contributed by atoms with Crippen LogP contribution >= 0.6 is 11.6 Å². The molecule has 1 saturated heterocycles. The van der Waals surface area contributed by atoms with Crippen LogP contribution in [0.1, 0.15) is 30.7 Å². The average molecular weight is 386 g/mol. The maximum Gasteiger partial charge on any atom is 0.232 e. The Morgan fingerprint density at radius 3 is 2.89 bits per heavy atom. The maximum atomic E-state index is 13.7. The van der Waals surface area contributed by atoms with E-state index < -0.39 is 5.82 Å². The van der Waals surface area contributed by atoms with Crippen LogP contribution in [-0.2, 0) is 11.2 Å². The fourth-order valence-corrected chi connectivity index (χ4v) is 3.45. The van der Waals surface area contributed by atoms with Gasteiger partial charge in [-0.3, -0.25) is 4.79 Å². The van der Waals surface area contributed by atoms with Gasteiger partial charge in [0.2, 0.25) is 17.6 Å². The van der Waals surface area contributed by atoms with E-state index in [4.69, 9.17) is 16.1 Å². The minimum atomic E-state index is -0.543. The molecule has 1 aliphatic heterocycles. The van der Waals surface area contributed by atoms with Crippen LogP contribution in [0.4, 0.5) is 10.1 Å². The van der Waals surface area contributed by atoms with Gasteiger partial charge in [-0.05, 0) is 36.2 Å². The zero-order chi connectivity index (χ0) is 19.0. The molecule has 0 bridgehead atoms. The van der Waals surface area contributed by atoms with Crippen molar-refractivity contribution in [1.29, 1.82) is 0 Å². The van der Waals surface area contributed by atoms with E-state index >= 15 is 0 Å². The highest BCUT2D eigenvalue weighted by molar-refractivity contribution is 6.30. The molecular formula is C20H17ClFN3O2. The van der Waals surface area contributed by atoms with Crippen molar-refractivity contribution in [3.05, 3.63) is 64.8 Å². The minimum Gasteiger partial charge on any atom is -0.339 e. The maximum absolute atomic E-state index is 13.7. The van der Waals surface area contributed by atoms with E-state index in [0.29, 0.717) is 24.4 Å². The first-order valence-electron chi connectivity index (χ1n) is 8.74. The normalized spacial score (nSPS) is 16.9. The van der Waals surface area contributed by atoms with E-state index in [0.717, 1.165) is 17.7 Å². The Kier molecular flexibility index (Phi) is 4.66. The topological polar surface area (TPSA) is 59.2 Å². The summed E-state index contributed by atoms with van der Waals surface area (Å²) < 4.78 is 19.0. The fraction of sp³-hybridized carbons (Fsp3) is 0.250. The van der Waals surface area contributed by atoms with Crippen LogP contribution in [0, 0.1) is 5.82 Å². The molecule has 0 spiro atoms. The Balaban J connectivity index is 1.58. The molecular weight excluding hydrogens is 369 g/mol. The summed E-state index contributed by atoms with van der Waals surface area (Å²) in [7, 11) is 0. The number of carbonyl (C=O) groups excluding carboxylic acids is 1. The van der Waals surface area contributed by atoms with Gasteiger partial charge in [-0.1, -0.05) is 41.9 Å². The van der Waals surface area contributed by atoms with Crippen LogP contribution in [0.25, 0.3) is 11.4 Å². The van der Waals surface area contributed by atoms with Crippen molar-refractivity contribution in [2.75, 3.05) is 11.4 Å². The lowest BCUT2D eigenvalue weighted by atomic mass is 10.1. The monoisotopic (exact) mass is 385 g/mol. The number of hydrogen-bond donors (Lipinski definition) is 0. The number of aromatic nitrogens is 2. The van der Waals surface area contributed by atoms with Crippen molar-refractivity contribution in [2.24, 2.45) is 0 Å². The van der Waals surface area contributed by atoms with Gasteiger partial charge in [-0.15, -0.1) is 0 Å². The van der Waals surface area contributed by atoms with E-state index in [-0.39, 0.29) is 22.7 Å². The largest absolute Gasteiger partial charge is 0.339 e. The summed E-state index contributed by atoms with van der Waals surface area (Å²) in [5.74, 6) is -0.0523. The summed E-state index contributed by atoms with van der Waals surface area (Å²) in [5, 5.41) is 3.97. The van der Waals surface area contributed by atoms with Crippen LogP contribution in [0.2, 0.25) is 5.02 Å². The first kappa shape index (κ1) is 17.7. The molecule has 2 heterocycles. The molecule has 1 aliphatic rings.